The summed E-state index contributed by atoms with van der Waals surface area (Å²) in [7, 11) is -1.46. The maximum absolute atomic E-state index is 13.2. The second kappa shape index (κ2) is 7.68. The van der Waals surface area contributed by atoms with Crippen molar-refractivity contribution in [2.75, 3.05) is 38.5 Å². The second-order valence-electron chi connectivity index (χ2n) is 8.49. The number of likely N-dealkylation sites (N-methyl/N-ethyl adjacent to an activating group) is 1. The molecule has 30 heavy (non-hydrogen) atoms. The van der Waals surface area contributed by atoms with Gasteiger partial charge in [0.05, 0.1) is 10.9 Å². The van der Waals surface area contributed by atoms with Gasteiger partial charge < -0.3 is 10.2 Å². The minimum atomic E-state index is -3.48. The monoisotopic (exact) mass is 443 g/mol. The molecule has 158 valence electrons. The number of benzene rings is 2. The Balaban J connectivity index is 1.49. The van der Waals surface area contributed by atoms with Crippen LogP contribution in [0.15, 0.2) is 59.5 Å². The number of hydrogen-bond acceptors (Lipinski definition) is 4. The summed E-state index contributed by atoms with van der Waals surface area (Å²) in [6, 6.07) is 13.7. The Morgan fingerprint density at radius 3 is 2.63 bits per heavy atom. The van der Waals surface area contributed by atoms with Gasteiger partial charge in [-0.3, -0.25) is 0 Å². The third kappa shape index (κ3) is 3.46. The lowest BCUT2D eigenvalue weighted by molar-refractivity contribution is 0.222. The Bertz CT molecular complexity index is 1090. The van der Waals surface area contributed by atoms with Crippen molar-refractivity contribution in [1.82, 2.24) is 9.21 Å². The molecule has 2 heterocycles. The quantitative estimate of drug-likeness (QED) is 0.725. The molecule has 5 nitrogen and oxygen atoms in total. The van der Waals surface area contributed by atoms with Crippen LogP contribution < -0.4 is 5.32 Å². The summed E-state index contributed by atoms with van der Waals surface area (Å²) >= 11 is 6.24. The molecule has 2 aromatic rings. The van der Waals surface area contributed by atoms with Crippen molar-refractivity contribution in [3.8, 4) is 0 Å². The van der Waals surface area contributed by atoms with Gasteiger partial charge in [0.2, 0.25) is 10.0 Å². The number of hydrogen-bond donors (Lipinski definition) is 1. The van der Waals surface area contributed by atoms with Crippen LogP contribution in [0.4, 0.5) is 5.69 Å². The first-order valence-corrected chi connectivity index (χ1v) is 12.3. The molecule has 0 saturated carbocycles. The van der Waals surface area contributed by atoms with Crippen LogP contribution in [0.5, 0.6) is 0 Å². The van der Waals surface area contributed by atoms with Crippen molar-refractivity contribution in [2.24, 2.45) is 5.92 Å². The summed E-state index contributed by atoms with van der Waals surface area (Å²) in [6.45, 7) is 2.61. The average Bonchev–Trinajstić information content (AvgIpc) is 3.23. The molecule has 1 saturated heterocycles. The Labute approximate surface area is 183 Å². The number of sulfonamides is 1. The number of piperazine rings is 1. The van der Waals surface area contributed by atoms with Crippen LogP contribution in [-0.2, 0) is 10.0 Å². The molecule has 7 heteroatoms. The van der Waals surface area contributed by atoms with Crippen molar-refractivity contribution < 1.29 is 8.42 Å². The highest BCUT2D eigenvalue weighted by Gasteiger charge is 2.39. The summed E-state index contributed by atoms with van der Waals surface area (Å²) in [4.78, 5) is 2.56. The molecule has 2 aliphatic heterocycles. The topological polar surface area (TPSA) is 52.7 Å². The lowest BCUT2D eigenvalue weighted by atomic mass is 9.77. The van der Waals surface area contributed by atoms with Gasteiger partial charge in [-0.15, -0.1) is 0 Å². The van der Waals surface area contributed by atoms with E-state index in [1.54, 1.807) is 10.4 Å². The van der Waals surface area contributed by atoms with Crippen molar-refractivity contribution in [2.45, 2.75) is 23.3 Å². The summed E-state index contributed by atoms with van der Waals surface area (Å²) in [6.07, 6.45) is 5.41. The highest BCUT2D eigenvalue weighted by molar-refractivity contribution is 7.89. The van der Waals surface area contributed by atoms with E-state index >= 15 is 0 Å². The first-order chi connectivity index (χ1) is 14.4. The fourth-order valence-electron chi connectivity index (χ4n) is 4.94. The van der Waals surface area contributed by atoms with Crippen LogP contribution >= 0.6 is 11.6 Å². The number of anilines is 1. The van der Waals surface area contributed by atoms with Gasteiger partial charge in [0.15, 0.2) is 0 Å². The number of nitrogens with one attached hydrogen (secondary N) is 1. The molecule has 5 rings (SSSR count). The molecular weight excluding hydrogens is 418 g/mol. The predicted molar refractivity (Wildman–Crippen MR) is 121 cm³/mol. The number of nitrogens with zero attached hydrogens (tertiary/aromatic N) is 2. The number of fused-ring (bicyclic) bond motifs is 3. The van der Waals surface area contributed by atoms with Gasteiger partial charge in [-0.1, -0.05) is 35.9 Å². The molecule has 2 aromatic carbocycles. The molecule has 0 amide bonds. The molecule has 0 aromatic heterocycles. The molecule has 3 unspecified atom stereocenters. The SMILES string of the molecule is CN1CCN(S(=O)(=O)c2ccc3c(c2)C2C=CCC2C(c2cccc(Cl)c2)N3)CC1. The van der Waals surface area contributed by atoms with Crippen LogP contribution in [0.25, 0.3) is 0 Å². The summed E-state index contributed by atoms with van der Waals surface area (Å²) in [5.74, 6) is 0.547. The zero-order valence-electron chi connectivity index (χ0n) is 17.0. The lowest BCUT2D eigenvalue weighted by Crippen LogP contribution is -2.47. The Hall–Kier alpha value is -1.86. The van der Waals surface area contributed by atoms with E-state index in [-0.39, 0.29) is 12.0 Å². The summed E-state index contributed by atoms with van der Waals surface area (Å²) < 4.78 is 28.1. The molecule has 3 aliphatic rings. The zero-order valence-corrected chi connectivity index (χ0v) is 18.5. The molecule has 3 atom stereocenters. The third-order valence-electron chi connectivity index (χ3n) is 6.64. The number of rotatable bonds is 3. The average molecular weight is 444 g/mol. The van der Waals surface area contributed by atoms with Crippen molar-refractivity contribution in [3.05, 3.63) is 70.8 Å². The smallest absolute Gasteiger partial charge is 0.243 e. The standard InChI is InChI=1S/C23H26ClN3O2S/c1-26-10-12-27(13-11-26)30(28,29)18-8-9-22-21(15-18)19-6-3-7-20(19)23(25-22)16-4-2-5-17(24)14-16/h2-6,8-9,14-15,19-20,23,25H,7,10-13H2,1H3. The molecule has 0 spiro atoms. The molecular formula is C23H26ClN3O2S. The predicted octanol–water partition coefficient (Wildman–Crippen LogP) is 4.10. The Morgan fingerprint density at radius 2 is 1.87 bits per heavy atom. The maximum atomic E-state index is 13.2. The largest absolute Gasteiger partial charge is 0.378 e. The van der Waals surface area contributed by atoms with Crippen LogP contribution in [-0.4, -0.2) is 50.8 Å². The highest BCUT2D eigenvalue weighted by Crippen LogP contribution is 2.50. The first kappa shape index (κ1) is 20.1. The fourth-order valence-corrected chi connectivity index (χ4v) is 6.60. The Kier molecular flexibility index (Phi) is 5.14. The molecule has 0 bridgehead atoms. The highest BCUT2D eigenvalue weighted by atomic mass is 35.5. The van der Waals surface area contributed by atoms with Gasteiger partial charge in [0, 0.05) is 42.8 Å². The van der Waals surface area contributed by atoms with Gasteiger partial charge in [0.25, 0.3) is 0 Å². The van der Waals surface area contributed by atoms with Crippen LogP contribution in [0.2, 0.25) is 5.02 Å². The van der Waals surface area contributed by atoms with E-state index < -0.39 is 10.0 Å². The van der Waals surface area contributed by atoms with Crippen molar-refractivity contribution >= 4 is 27.3 Å². The molecule has 1 aliphatic carbocycles. The van der Waals surface area contributed by atoms with E-state index in [0.717, 1.165) is 35.8 Å². The fraction of sp³-hybridized carbons (Fsp3) is 0.391. The normalized spacial score (nSPS) is 26.8. The van der Waals surface area contributed by atoms with E-state index in [0.29, 0.717) is 23.9 Å². The van der Waals surface area contributed by atoms with Gasteiger partial charge in [-0.05, 0) is 60.8 Å². The molecule has 1 fully saturated rings. The Morgan fingerprint density at radius 1 is 1.07 bits per heavy atom. The van der Waals surface area contributed by atoms with E-state index in [9.17, 15) is 8.42 Å². The maximum Gasteiger partial charge on any atom is 0.243 e. The van der Waals surface area contributed by atoms with E-state index in [2.05, 4.69) is 28.4 Å². The van der Waals surface area contributed by atoms with Crippen LogP contribution in [0, 0.1) is 5.92 Å². The third-order valence-corrected chi connectivity index (χ3v) is 8.77. The second-order valence-corrected chi connectivity index (χ2v) is 10.9. The van der Waals surface area contributed by atoms with Gasteiger partial charge in [-0.25, -0.2) is 8.42 Å². The molecule has 0 radical (unpaired) electrons. The van der Waals surface area contributed by atoms with E-state index in [1.165, 1.54) is 5.56 Å². The van der Waals surface area contributed by atoms with Crippen molar-refractivity contribution in [1.29, 1.82) is 0 Å². The van der Waals surface area contributed by atoms with Crippen LogP contribution in [0.3, 0.4) is 0 Å². The minimum Gasteiger partial charge on any atom is -0.378 e. The number of allylic oxidation sites excluding steroid dienone is 2. The minimum absolute atomic E-state index is 0.149. The van der Waals surface area contributed by atoms with Gasteiger partial charge in [0.1, 0.15) is 0 Å². The van der Waals surface area contributed by atoms with E-state index in [4.69, 9.17) is 11.6 Å². The van der Waals surface area contributed by atoms with E-state index in [1.807, 2.05) is 37.4 Å². The summed E-state index contributed by atoms with van der Waals surface area (Å²) in [5, 5.41) is 4.39. The molecule has 1 N–H and O–H groups in total. The first-order valence-electron chi connectivity index (χ1n) is 10.4. The number of halogens is 1. The van der Waals surface area contributed by atoms with Gasteiger partial charge in [-0.2, -0.15) is 4.31 Å². The lowest BCUT2D eigenvalue weighted by Gasteiger charge is -2.38. The zero-order chi connectivity index (χ0) is 20.9. The summed E-state index contributed by atoms with van der Waals surface area (Å²) in [5.41, 5.74) is 3.24. The van der Waals surface area contributed by atoms with Crippen molar-refractivity contribution in [3.63, 3.8) is 0 Å². The van der Waals surface area contributed by atoms with Crippen LogP contribution in [0.1, 0.15) is 29.5 Å². The van der Waals surface area contributed by atoms with Gasteiger partial charge >= 0.3 is 0 Å².